The Hall–Kier alpha value is -9.06. The highest BCUT2D eigenvalue weighted by Crippen LogP contribution is 2.44. The molecule has 0 radical (unpaired) electrons. The molecule has 0 spiro atoms. The first-order valence-corrected chi connectivity index (χ1v) is 22.8. The topological polar surface area (TPSA) is 48.8 Å². The molecule has 0 saturated carbocycles. The van der Waals surface area contributed by atoms with Gasteiger partial charge in [-0.2, -0.15) is 0 Å². The fourth-order valence-corrected chi connectivity index (χ4v) is 11.0. The number of para-hydroxylation sites is 5. The Morgan fingerprint density at radius 2 is 0.836 bits per heavy atom. The number of fused-ring (bicyclic) bond motifs is 13. The first-order valence-electron chi connectivity index (χ1n) is 22.8. The average Bonchev–Trinajstić information content (AvgIpc) is 4.03. The second kappa shape index (κ2) is 13.7. The quantitative estimate of drug-likeness (QED) is 0.177. The average molecular weight is 853 g/mol. The molecule has 15 rings (SSSR count). The number of nitrogens with zero attached hydrogens (tertiary/aromatic N) is 4. The van der Waals surface area contributed by atoms with Gasteiger partial charge in [-0.25, -0.2) is 9.97 Å². The highest BCUT2D eigenvalue weighted by molar-refractivity contribution is 6.18. The molecule has 4 heterocycles. The Morgan fingerprint density at radius 3 is 1.58 bits per heavy atom. The molecule has 0 fully saturated rings. The van der Waals surface area contributed by atoms with Crippen LogP contribution in [0.5, 0.6) is 0 Å². The highest BCUT2D eigenvalue weighted by Gasteiger charge is 2.23. The van der Waals surface area contributed by atoms with Crippen LogP contribution in [0.3, 0.4) is 0 Å². The summed E-state index contributed by atoms with van der Waals surface area (Å²) >= 11 is 0. The highest BCUT2D eigenvalue weighted by atomic mass is 16.3. The van der Waals surface area contributed by atoms with Gasteiger partial charge in [0.15, 0.2) is 0 Å². The third-order valence-corrected chi connectivity index (χ3v) is 14.0. The van der Waals surface area contributed by atoms with Crippen LogP contribution in [-0.4, -0.2) is 19.1 Å². The van der Waals surface area contributed by atoms with Crippen LogP contribution in [0.4, 0.5) is 0 Å². The number of hydrogen-bond donors (Lipinski definition) is 0. The SMILES string of the molecule is c1ccc2cc3c(cc2c1)c1ccccc1n3-c1ccc2c3cc4ccccc4cc3n(-c3cccc4c(-c5nc6ccccc6nc5-c5cccc6c5oc5ccccc56)cccc34)c2c1. The molecule has 0 atom stereocenters. The van der Waals surface area contributed by atoms with Crippen LogP contribution in [0.25, 0.3) is 143 Å². The predicted molar refractivity (Wildman–Crippen MR) is 279 cm³/mol. The van der Waals surface area contributed by atoms with Crippen molar-refractivity contribution in [2.45, 2.75) is 0 Å². The third kappa shape index (κ3) is 5.25. The molecule has 310 valence electrons. The smallest absolute Gasteiger partial charge is 0.144 e. The van der Waals surface area contributed by atoms with Gasteiger partial charge in [0.25, 0.3) is 0 Å². The zero-order chi connectivity index (χ0) is 43.7. The van der Waals surface area contributed by atoms with Crippen LogP contribution in [0.15, 0.2) is 223 Å². The predicted octanol–water partition coefficient (Wildman–Crippen LogP) is 16.5. The van der Waals surface area contributed by atoms with Gasteiger partial charge in [-0.3, -0.25) is 0 Å². The largest absolute Gasteiger partial charge is 0.455 e. The summed E-state index contributed by atoms with van der Waals surface area (Å²) < 4.78 is 11.6. The minimum Gasteiger partial charge on any atom is -0.455 e. The molecule has 67 heavy (non-hydrogen) atoms. The van der Waals surface area contributed by atoms with Crippen molar-refractivity contribution in [1.29, 1.82) is 0 Å². The van der Waals surface area contributed by atoms with Crippen LogP contribution < -0.4 is 0 Å². The summed E-state index contributed by atoms with van der Waals surface area (Å²) in [6.45, 7) is 0. The van der Waals surface area contributed by atoms with E-state index in [0.29, 0.717) is 0 Å². The van der Waals surface area contributed by atoms with Crippen molar-refractivity contribution in [2.75, 3.05) is 0 Å². The van der Waals surface area contributed by atoms with Gasteiger partial charge in [-0.05, 0) is 99.7 Å². The van der Waals surface area contributed by atoms with Gasteiger partial charge in [-0.15, -0.1) is 0 Å². The van der Waals surface area contributed by atoms with E-state index in [2.05, 4.69) is 191 Å². The summed E-state index contributed by atoms with van der Waals surface area (Å²) in [5.74, 6) is 0. The first kappa shape index (κ1) is 36.3. The van der Waals surface area contributed by atoms with Gasteiger partial charge < -0.3 is 13.6 Å². The minimum atomic E-state index is 0.785. The van der Waals surface area contributed by atoms with Crippen LogP contribution in [0.2, 0.25) is 0 Å². The standard InChI is InChI=1S/C62H36N4O/c1-3-16-39-34-56-50(32-37(39)14-1)44-18-5-9-27-54(44)65(56)41-30-31-45-51-33-38-15-2-4-17-40(38)35-57(51)66(58(45)36-41)55-28-13-20-42-43(55)21-11-22-47(42)60-61(64-53-26-8-7-25-52(53)63-60)49-24-12-23-48-46-19-6-10-29-59(46)67-62(48)49/h1-36H. The fourth-order valence-electron chi connectivity index (χ4n) is 11.0. The van der Waals surface area contributed by atoms with Crippen LogP contribution in [0, 0.1) is 0 Å². The van der Waals surface area contributed by atoms with Gasteiger partial charge in [0.2, 0.25) is 0 Å². The van der Waals surface area contributed by atoms with E-state index < -0.39 is 0 Å². The lowest BCUT2D eigenvalue weighted by atomic mass is 9.96. The molecule has 4 aromatic heterocycles. The van der Waals surface area contributed by atoms with Crippen molar-refractivity contribution >= 4 is 109 Å². The van der Waals surface area contributed by atoms with Crippen molar-refractivity contribution in [1.82, 2.24) is 19.1 Å². The van der Waals surface area contributed by atoms with E-state index in [1.165, 1.54) is 54.1 Å². The van der Waals surface area contributed by atoms with Crippen molar-refractivity contribution in [2.24, 2.45) is 0 Å². The summed E-state index contributed by atoms with van der Waals surface area (Å²) in [4.78, 5) is 10.8. The Bertz CT molecular complexity index is 4590. The molecule has 11 aromatic carbocycles. The maximum Gasteiger partial charge on any atom is 0.144 e. The number of hydrogen-bond acceptors (Lipinski definition) is 3. The Labute approximate surface area is 383 Å². The minimum absolute atomic E-state index is 0.785. The lowest BCUT2D eigenvalue weighted by Gasteiger charge is -2.16. The zero-order valence-electron chi connectivity index (χ0n) is 36.0. The molecular formula is C62H36N4O. The first-order chi connectivity index (χ1) is 33.2. The number of benzene rings is 11. The molecule has 15 aromatic rings. The van der Waals surface area contributed by atoms with E-state index in [0.717, 1.165) is 88.7 Å². The van der Waals surface area contributed by atoms with Crippen LogP contribution in [0.1, 0.15) is 0 Å². The molecule has 0 bridgehead atoms. The van der Waals surface area contributed by atoms with Crippen molar-refractivity contribution in [3.05, 3.63) is 218 Å². The Balaban J connectivity index is 1.01. The monoisotopic (exact) mass is 852 g/mol. The van der Waals surface area contributed by atoms with E-state index in [1.807, 2.05) is 36.4 Å². The molecule has 0 aliphatic carbocycles. The lowest BCUT2D eigenvalue weighted by molar-refractivity contribution is 0.670. The fraction of sp³-hybridized carbons (Fsp3) is 0. The molecule has 0 saturated heterocycles. The Morgan fingerprint density at radius 1 is 0.313 bits per heavy atom. The van der Waals surface area contributed by atoms with Gasteiger partial charge in [0.05, 0.1) is 44.5 Å². The third-order valence-electron chi connectivity index (χ3n) is 14.0. The van der Waals surface area contributed by atoms with E-state index in [1.54, 1.807) is 0 Å². The van der Waals surface area contributed by atoms with E-state index in [9.17, 15) is 0 Å². The maximum atomic E-state index is 6.64. The molecule has 0 amide bonds. The summed E-state index contributed by atoms with van der Waals surface area (Å²) in [7, 11) is 0. The number of furan rings is 1. The second-order valence-electron chi connectivity index (χ2n) is 17.7. The van der Waals surface area contributed by atoms with Crippen molar-refractivity contribution in [3.63, 3.8) is 0 Å². The molecule has 5 nitrogen and oxygen atoms in total. The maximum absolute atomic E-state index is 6.64. The molecular weight excluding hydrogens is 817 g/mol. The van der Waals surface area contributed by atoms with Gasteiger partial charge in [0, 0.05) is 54.5 Å². The molecule has 0 unspecified atom stereocenters. The molecule has 5 heteroatoms. The number of rotatable bonds is 4. The number of aromatic nitrogens is 4. The van der Waals surface area contributed by atoms with E-state index >= 15 is 0 Å². The van der Waals surface area contributed by atoms with Gasteiger partial charge in [-0.1, -0.05) is 146 Å². The lowest BCUT2D eigenvalue weighted by Crippen LogP contribution is -1.99. The van der Waals surface area contributed by atoms with Crippen molar-refractivity contribution in [3.8, 4) is 33.9 Å². The van der Waals surface area contributed by atoms with Crippen LogP contribution >= 0.6 is 0 Å². The summed E-state index contributed by atoms with van der Waals surface area (Å²) in [6.07, 6.45) is 0. The normalized spacial score (nSPS) is 12.2. The molecule has 0 N–H and O–H groups in total. The summed E-state index contributed by atoms with van der Waals surface area (Å²) in [5.41, 5.74) is 13.7. The second-order valence-corrected chi connectivity index (χ2v) is 17.7. The van der Waals surface area contributed by atoms with Crippen molar-refractivity contribution < 1.29 is 4.42 Å². The van der Waals surface area contributed by atoms with E-state index in [4.69, 9.17) is 14.4 Å². The van der Waals surface area contributed by atoms with Gasteiger partial charge in [0.1, 0.15) is 16.9 Å². The molecule has 0 aliphatic heterocycles. The zero-order valence-corrected chi connectivity index (χ0v) is 36.0. The van der Waals surface area contributed by atoms with Gasteiger partial charge >= 0.3 is 0 Å². The van der Waals surface area contributed by atoms with Crippen LogP contribution in [-0.2, 0) is 0 Å². The summed E-state index contributed by atoms with van der Waals surface area (Å²) in [6, 6.07) is 78.6. The summed E-state index contributed by atoms with van der Waals surface area (Å²) in [5, 5.41) is 14.1. The Kier molecular flexibility index (Phi) is 7.44. The van der Waals surface area contributed by atoms with E-state index in [-0.39, 0.29) is 0 Å². The molecule has 0 aliphatic rings.